The number of anilines is 2. The molecule has 0 aliphatic rings. The molecule has 1 rings (SSSR count). The highest BCUT2D eigenvalue weighted by Gasteiger charge is 2.09. The van der Waals surface area contributed by atoms with Crippen molar-refractivity contribution in [1.29, 1.82) is 5.41 Å². The van der Waals surface area contributed by atoms with E-state index in [-0.39, 0.29) is 17.3 Å². The summed E-state index contributed by atoms with van der Waals surface area (Å²) in [5, 5.41) is 6.98. The third kappa shape index (κ3) is 1.19. The Kier molecular flexibility index (Phi) is 1.70. The second kappa shape index (κ2) is 2.53. The van der Waals surface area contributed by atoms with Gasteiger partial charge < -0.3 is 17.2 Å². The minimum atomic E-state index is -0.604. The quantitative estimate of drug-likeness (QED) is 0.248. The van der Waals surface area contributed by atoms with Gasteiger partial charge in [0.05, 0.1) is 0 Å². The molecule has 0 spiro atoms. The Bertz CT molecular complexity index is 380. The van der Waals surface area contributed by atoms with Crippen molar-refractivity contribution in [2.24, 2.45) is 5.73 Å². The number of nitrogen functional groups attached to an aromatic ring is 3. The number of aromatic nitrogens is 2. The maximum atomic E-state index is 11.0. The second-order valence-corrected chi connectivity index (χ2v) is 2.13. The molecule has 0 aliphatic carbocycles. The topological polar surface area (TPSA) is 148 Å². The molecule has 0 saturated carbocycles. The summed E-state index contributed by atoms with van der Waals surface area (Å²) in [5.41, 5.74) is 14.8. The lowest BCUT2D eigenvalue weighted by molar-refractivity contribution is 1.13. The van der Waals surface area contributed by atoms with Crippen LogP contribution in [0.1, 0.15) is 5.56 Å². The first kappa shape index (κ1) is 8.05. The van der Waals surface area contributed by atoms with Gasteiger partial charge in [-0.15, -0.1) is 0 Å². The fourth-order valence-electron chi connectivity index (χ4n) is 0.769. The van der Waals surface area contributed by atoms with Gasteiger partial charge in [-0.1, -0.05) is 0 Å². The third-order valence-electron chi connectivity index (χ3n) is 1.24. The monoisotopic (exact) mass is 168 g/mol. The largest absolute Gasteiger partial charge is 0.383 e. The highest BCUT2D eigenvalue weighted by Crippen LogP contribution is 2.01. The fraction of sp³-hybridized carbons (Fsp3) is 0. The number of amidine groups is 1. The van der Waals surface area contributed by atoms with E-state index in [9.17, 15) is 4.79 Å². The minimum absolute atomic E-state index is 0.0949. The predicted molar refractivity (Wildman–Crippen MR) is 44.7 cm³/mol. The normalized spacial score (nSPS) is 9.67. The molecule has 7 nitrogen and oxygen atoms in total. The molecule has 0 radical (unpaired) electrons. The zero-order valence-corrected chi connectivity index (χ0v) is 6.09. The van der Waals surface area contributed by atoms with E-state index in [0.29, 0.717) is 0 Å². The summed E-state index contributed by atoms with van der Waals surface area (Å²) in [6, 6.07) is 0. The van der Waals surface area contributed by atoms with Crippen molar-refractivity contribution in [3.63, 3.8) is 0 Å². The molecular weight excluding hydrogens is 160 g/mol. The Balaban J connectivity index is 3.49. The van der Waals surface area contributed by atoms with Crippen LogP contribution in [-0.2, 0) is 0 Å². The van der Waals surface area contributed by atoms with Crippen LogP contribution in [0.25, 0.3) is 0 Å². The lowest BCUT2D eigenvalue weighted by Crippen LogP contribution is -2.27. The molecule has 0 amide bonds. The first-order valence-electron chi connectivity index (χ1n) is 3.02. The van der Waals surface area contributed by atoms with Gasteiger partial charge in [0.2, 0.25) is 5.95 Å². The Labute approximate surface area is 67.1 Å². The fourth-order valence-corrected chi connectivity index (χ4v) is 0.769. The van der Waals surface area contributed by atoms with E-state index in [0.717, 1.165) is 0 Å². The van der Waals surface area contributed by atoms with Crippen LogP contribution in [0.3, 0.4) is 0 Å². The molecule has 0 aliphatic heterocycles. The van der Waals surface area contributed by atoms with Crippen LogP contribution in [-0.4, -0.2) is 15.8 Å². The molecule has 7 heteroatoms. The molecule has 0 saturated heterocycles. The maximum Gasteiger partial charge on any atom is 0.265 e. The molecule has 0 aromatic carbocycles. The van der Waals surface area contributed by atoms with Crippen LogP contribution in [0.15, 0.2) is 4.79 Å². The predicted octanol–water partition coefficient (Wildman–Crippen LogP) is -1.78. The van der Waals surface area contributed by atoms with Gasteiger partial charge in [-0.05, 0) is 0 Å². The van der Waals surface area contributed by atoms with Crippen molar-refractivity contribution in [2.75, 3.05) is 11.5 Å². The van der Waals surface area contributed by atoms with E-state index in [1.54, 1.807) is 0 Å². The van der Waals surface area contributed by atoms with Crippen LogP contribution in [0.5, 0.6) is 0 Å². The number of nitrogens with two attached hydrogens (primary N) is 3. The van der Waals surface area contributed by atoms with E-state index in [1.165, 1.54) is 0 Å². The van der Waals surface area contributed by atoms with Crippen LogP contribution in [0, 0.1) is 5.41 Å². The minimum Gasteiger partial charge on any atom is -0.383 e. The molecule has 12 heavy (non-hydrogen) atoms. The summed E-state index contributed by atoms with van der Waals surface area (Å²) in [4.78, 5) is 16.7. The van der Waals surface area contributed by atoms with E-state index in [2.05, 4.69) is 9.97 Å². The summed E-state index contributed by atoms with van der Waals surface area (Å²) in [5.74, 6) is -0.660. The van der Waals surface area contributed by atoms with Gasteiger partial charge in [-0.2, -0.15) is 4.98 Å². The number of hydrogen-bond donors (Lipinski definition) is 5. The van der Waals surface area contributed by atoms with E-state index >= 15 is 0 Å². The summed E-state index contributed by atoms with van der Waals surface area (Å²) < 4.78 is 0. The highest BCUT2D eigenvalue weighted by molar-refractivity contribution is 5.98. The number of H-pyrrole nitrogens is 1. The van der Waals surface area contributed by atoms with Gasteiger partial charge in [-0.25, -0.2) is 0 Å². The number of nitrogens with one attached hydrogen (secondary N) is 2. The van der Waals surface area contributed by atoms with Crippen LogP contribution < -0.4 is 22.8 Å². The summed E-state index contributed by atoms with van der Waals surface area (Å²) >= 11 is 0. The molecule has 64 valence electrons. The molecule has 1 aromatic heterocycles. The molecule has 1 aromatic rings. The van der Waals surface area contributed by atoms with Gasteiger partial charge in [0.25, 0.3) is 5.56 Å². The summed E-state index contributed by atoms with van der Waals surface area (Å²) in [6.07, 6.45) is 0. The van der Waals surface area contributed by atoms with Crippen LogP contribution >= 0.6 is 0 Å². The summed E-state index contributed by atoms with van der Waals surface area (Å²) in [6.45, 7) is 0. The van der Waals surface area contributed by atoms with Crippen molar-refractivity contribution >= 4 is 17.6 Å². The first-order chi connectivity index (χ1) is 5.52. The lowest BCUT2D eigenvalue weighted by atomic mass is 10.3. The molecule has 1 heterocycles. The van der Waals surface area contributed by atoms with Crippen molar-refractivity contribution in [3.05, 3.63) is 15.9 Å². The highest BCUT2D eigenvalue weighted by atomic mass is 16.1. The van der Waals surface area contributed by atoms with Crippen molar-refractivity contribution in [3.8, 4) is 0 Å². The molecule has 0 unspecified atom stereocenters. The Morgan fingerprint density at radius 3 is 2.50 bits per heavy atom. The molecule has 0 bridgehead atoms. The standard InChI is InChI=1S/C5H8N6O/c6-2(7)1-3(8)10-5(9)11-4(1)12/h(H3,6,7)(H5,8,9,10,11,12). The number of aromatic amines is 1. The zero-order chi connectivity index (χ0) is 9.30. The number of nitrogens with zero attached hydrogens (tertiary/aromatic N) is 1. The smallest absolute Gasteiger partial charge is 0.265 e. The van der Waals surface area contributed by atoms with Crippen LogP contribution in [0.2, 0.25) is 0 Å². The molecule has 8 N–H and O–H groups in total. The summed E-state index contributed by atoms with van der Waals surface area (Å²) in [7, 11) is 0. The Morgan fingerprint density at radius 1 is 1.50 bits per heavy atom. The second-order valence-electron chi connectivity index (χ2n) is 2.13. The SMILES string of the molecule is N=C(N)c1c(N)nc(N)[nH]c1=O. The van der Waals surface area contributed by atoms with E-state index in [1.807, 2.05) is 0 Å². The average Bonchev–Trinajstić information content (AvgIpc) is 1.82. The van der Waals surface area contributed by atoms with Gasteiger partial charge >= 0.3 is 0 Å². The van der Waals surface area contributed by atoms with E-state index in [4.69, 9.17) is 22.6 Å². The Hall–Kier alpha value is -2.05. The van der Waals surface area contributed by atoms with Gasteiger partial charge in [0.1, 0.15) is 17.2 Å². The van der Waals surface area contributed by atoms with Crippen LogP contribution in [0.4, 0.5) is 11.8 Å². The van der Waals surface area contributed by atoms with E-state index < -0.39 is 11.4 Å². The molecular formula is C5H8N6O. The molecule has 0 atom stereocenters. The first-order valence-corrected chi connectivity index (χ1v) is 3.02. The number of rotatable bonds is 1. The zero-order valence-electron chi connectivity index (χ0n) is 6.09. The lowest BCUT2D eigenvalue weighted by Gasteiger charge is -2.01. The average molecular weight is 168 g/mol. The van der Waals surface area contributed by atoms with Crippen molar-refractivity contribution in [1.82, 2.24) is 9.97 Å². The third-order valence-corrected chi connectivity index (χ3v) is 1.24. The van der Waals surface area contributed by atoms with Gasteiger partial charge in [0.15, 0.2) is 0 Å². The number of hydrogen-bond acceptors (Lipinski definition) is 5. The Morgan fingerprint density at radius 2 is 2.08 bits per heavy atom. The van der Waals surface area contributed by atoms with Gasteiger partial charge in [0, 0.05) is 0 Å². The van der Waals surface area contributed by atoms with Crippen molar-refractivity contribution in [2.45, 2.75) is 0 Å². The van der Waals surface area contributed by atoms with Crippen molar-refractivity contribution < 1.29 is 0 Å². The maximum absolute atomic E-state index is 11.0. The van der Waals surface area contributed by atoms with Gasteiger partial charge in [-0.3, -0.25) is 15.2 Å². The molecule has 0 fully saturated rings.